The number of nitro benzene ring substituents is 1. The maximum absolute atomic E-state index is 13.4. The molecule has 0 aliphatic heterocycles. The van der Waals surface area contributed by atoms with E-state index in [4.69, 9.17) is 14.2 Å². The molecule has 0 aromatic heterocycles. The number of hydrogen-bond donors (Lipinski definition) is 2. The van der Waals surface area contributed by atoms with E-state index in [2.05, 4.69) is 26.6 Å². The second-order valence-electron chi connectivity index (χ2n) is 9.57. The van der Waals surface area contributed by atoms with Gasteiger partial charge in [-0.1, -0.05) is 36.4 Å². The summed E-state index contributed by atoms with van der Waals surface area (Å²) in [5, 5.41) is 17.2. The summed E-state index contributed by atoms with van der Waals surface area (Å²) < 4.78 is 16.1. The molecule has 3 rings (SSSR count). The van der Waals surface area contributed by atoms with Crippen LogP contribution in [0.3, 0.4) is 0 Å². The summed E-state index contributed by atoms with van der Waals surface area (Å²) in [6.45, 7) is 5.03. The third-order valence-corrected chi connectivity index (χ3v) is 6.17. The molecule has 39 heavy (non-hydrogen) atoms. The van der Waals surface area contributed by atoms with Crippen LogP contribution in [-0.2, 0) is 11.2 Å². The van der Waals surface area contributed by atoms with E-state index in [-0.39, 0.29) is 15.7 Å². The van der Waals surface area contributed by atoms with Crippen molar-refractivity contribution in [3.05, 3.63) is 91.9 Å². The zero-order valence-corrected chi connectivity index (χ0v) is 23.8. The predicted octanol–water partition coefficient (Wildman–Crippen LogP) is 6.44. The molecule has 0 saturated heterocycles. The first-order chi connectivity index (χ1) is 18.4. The summed E-state index contributed by atoms with van der Waals surface area (Å²) in [6, 6.07) is 16.9. The lowest BCUT2D eigenvalue weighted by Crippen LogP contribution is -2.30. The van der Waals surface area contributed by atoms with Crippen LogP contribution in [0.15, 0.2) is 65.1 Å². The standard InChI is InChI=1S/C28H30BrN3O7/c1-28(2,3)39-27(34)31-25-20(29)15-19(16-22(25)32(35)36)26(33)30-21(18-9-7-6-8-10-18)13-17-11-12-23(37-4)24(14-17)38-5/h6-12,14-16,21H,13H2,1-5H3,(H,30,33)(H,31,34). The van der Waals surface area contributed by atoms with Crippen LogP contribution in [-0.4, -0.2) is 36.7 Å². The van der Waals surface area contributed by atoms with Gasteiger partial charge in [0.15, 0.2) is 11.5 Å². The molecule has 0 bridgehead atoms. The van der Waals surface area contributed by atoms with Crippen LogP contribution in [0.4, 0.5) is 16.2 Å². The van der Waals surface area contributed by atoms with Crippen molar-refractivity contribution in [2.24, 2.45) is 0 Å². The van der Waals surface area contributed by atoms with E-state index >= 15 is 0 Å². The smallest absolute Gasteiger partial charge is 0.412 e. The molecule has 1 atom stereocenters. The van der Waals surface area contributed by atoms with Gasteiger partial charge < -0.3 is 19.5 Å². The number of methoxy groups -OCH3 is 2. The van der Waals surface area contributed by atoms with Gasteiger partial charge >= 0.3 is 6.09 Å². The summed E-state index contributed by atoms with van der Waals surface area (Å²) in [4.78, 5) is 36.8. The Morgan fingerprint density at radius 1 is 1.00 bits per heavy atom. The molecule has 2 amide bonds. The molecule has 0 saturated carbocycles. The number of rotatable bonds is 9. The molecule has 1 unspecified atom stereocenters. The third-order valence-electron chi connectivity index (χ3n) is 5.55. The largest absolute Gasteiger partial charge is 0.493 e. The minimum Gasteiger partial charge on any atom is -0.493 e. The molecule has 0 fully saturated rings. The van der Waals surface area contributed by atoms with Gasteiger partial charge in [-0.3, -0.25) is 20.2 Å². The van der Waals surface area contributed by atoms with E-state index < -0.39 is 34.3 Å². The lowest BCUT2D eigenvalue weighted by molar-refractivity contribution is -0.384. The molecule has 3 aromatic rings. The molecule has 0 aliphatic rings. The Labute approximate surface area is 234 Å². The van der Waals surface area contributed by atoms with Gasteiger partial charge in [-0.15, -0.1) is 0 Å². The average Bonchev–Trinajstić information content (AvgIpc) is 2.88. The van der Waals surface area contributed by atoms with Gasteiger partial charge in [-0.25, -0.2) is 4.79 Å². The van der Waals surface area contributed by atoms with Crippen LogP contribution in [0, 0.1) is 10.1 Å². The predicted molar refractivity (Wildman–Crippen MR) is 151 cm³/mol. The second-order valence-corrected chi connectivity index (χ2v) is 10.4. The number of carbonyl (C=O) groups is 2. The Morgan fingerprint density at radius 3 is 2.26 bits per heavy atom. The van der Waals surface area contributed by atoms with Gasteiger partial charge in [0.2, 0.25) is 0 Å². The van der Waals surface area contributed by atoms with E-state index in [9.17, 15) is 19.7 Å². The van der Waals surface area contributed by atoms with E-state index in [1.807, 2.05) is 42.5 Å². The normalized spacial score (nSPS) is 11.7. The van der Waals surface area contributed by atoms with Crippen molar-refractivity contribution in [2.45, 2.75) is 38.8 Å². The SMILES string of the molecule is COc1ccc(CC(NC(=O)c2cc(Br)c(NC(=O)OC(C)(C)C)c([N+](=O)[O-])c2)c2ccccc2)cc1OC. The van der Waals surface area contributed by atoms with Crippen molar-refractivity contribution in [3.8, 4) is 11.5 Å². The zero-order chi connectivity index (χ0) is 28.7. The number of nitro groups is 1. The lowest BCUT2D eigenvalue weighted by Gasteiger charge is -2.21. The van der Waals surface area contributed by atoms with Crippen molar-refractivity contribution >= 4 is 39.3 Å². The van der Waals surface area contributed by atoms with Gasteiger partial charge in [0.25, 0.3) is 11.6 Å². The van der Waals surface area contributed by atoms with E-state index in [1.165, 1.54) is 6.07 Å². The van der Waals surface area contributed by atoms with Crippen LogP contribution in [0.25, 0.3) is 0 Å². The Bertz CT molecular complexity index is 1360. The summed E-state index contributed by atoms with van der Waals surface area (Å²) in [6.07, 6.45) is -0.444. The van der Waals surface area contributed by atoms with Crippen molar-refractivity contribution in [1.29, 1.82) is 0 Å². The second kappa shape index (κ2) is 12.6. The van der Waals surface area contributed by atoms with Gasteiger partial charge in [0.05, 0.1) is 25.2 Å². The van der Waals surface area contributed by atoms with Crippen LogP contribution in [0.5, 0.6) is 11.5 Å². The van der Waals surface area contributed by atoms with Gasteiger partial charge in [0, 0.05) is 16.1 Å². The maximum atomic E-state index is 13.4. The molecular formula is C28H30BrN3O7. The monoisotopic (exact) mass is 599 g/mol. The minimum atomic E-state index is -0.859. The van der Waals surface area contributed by atoms with E-state index in [0.29, 0.717) is 17.9 Å². The molecule has 0 spiro atoms. The summed E-state index contributed by atoms with van der Waals surface area (Å²) in [7, 11) is 3.10. The highest BCUT2D eigenvalue weighted by Crippen LogP contribution is 2.35. The van der Waals surface area contributed by atoms with Gasteiger partial charge in [0.1, 0.15) is 11.3 Å². The first-order valence-electron chi connectivity index (χ1n) is 12.0. The Balaban J connectivity index is 1.92. The quantitative estimate of drug-likeness (QED) is 0.214. The number of anilines is 1. The molecule has 11 heteroatoms. The highest BCUT2D eigenvalue weighted by Gasteiger charge is 2.26. The fourth-order valence-corrected chi connectivity index (χ4v) is 4.37. The van der Waals surface area contributed by atoms with Crippen LogP contribution >= 0.6 is 15.9 Å². The van der Waals surface area contributed by atoms with Crippen molar-refractivity contribution in [3.63, 3.8) is 0 Å². The number of ether oxygens (including phenoxy) is 3. The van der Waals surface area contributed by atoms with Gasteiger partial charge in [-0.2, -0.15) is 0 Å². The fraction of sp³-hybridized carbons (Fsp3) is 0.286. The molecule has 0 radical (unpaired) electrons. The average molecular weight is 600 g/mol. The van der Waals surface area contributed by atoms with Crippen molar-refractivity contribution < 1.29 is 28.7 Å². The Kier molecular flexibility index (Phi) is 9.52. The lowest BCUT2D eigenvalue weighted by atomic mass is 9.98. The highest BCUT2D eigenvalue weighted by atomic mass is 79.9. The minimum absolute atomic E-state index is 0.0385. The van der Waals surface area contributed by atoms with E-state index in [0.717, 1.165) is 17.2 Å². The number of carbonyl (C=O) groups excluding carboxylic acids is 2. The number of nitrogens with zero attached hydrogens (tertiary/aromatic N) is 1. The van der Waals surface area contributed by atoms with Crippen LogP contribution < -0.4 is 20.1 Å². The topological polar surface area (TPSA) is 129 Å². The fourth-order valence-electron chi connectivity index (χ4n) is 3.82. The molecule has 2 N–H and O–H groups in total. The molecule has 0 aliphatic carbocycles. The molecule has 3 aromatic carbocycles. The first-order valence-corrected chi connectivity index (χ1v) is 12.8. The Morgan fingerprint density at radius 2 is 1.67 bits per heavy atom. The Hall–Kier alpha value is -4.12. The van der Waals surface area contributed by atoms with Gasteiger partial charge in [-0.05, 0) is 72.4 Å². The molecular weight excluding hydrogens is 570 g/mol. The first kappa shape index (κ1) is 29.4. The highest BCUT2D eigenvalue weighted by molar-refractivity contribution is 9.10. The van der Waals surface area contributed by atoms with Crippen LogP contribution in [0.1, 0.15) is 48.3 Å². The van der Waals surface area contributed by atoms with Crippen molar-refractivity contribution in [1.82, 2.24) is 5.32 Å². The number of benzene rings is 3. The number of amides is 2. The number of halogens is 1. The molecule has 10 nitrogen and oxygen atoms in total. The maximum Gasteiger partial charge on any atom is 0.412 e. The van der Waals surface area contributed by atoms with Crippen molar-refractivity contribution in [2.75, 3.05) is 19.5 Å². The van der Waals surface area contributed by atoms with E-state index in [1.54, 1.807) is 41.1 Å². The summed E-state index contributed by atoms with van der Waals surface area (Å²) >= 11 is 3.26. The number of nitrogens with one attached hydrogen (secondary N) is 2. The van der Waals surface area contributed by atoms with Crippen LogP contribution in [0.2, 0.25) is 0 Å². The third kappa shape index (κ3) is 7.93. The molecule has 0 heterocycles. The summed E-state index contributed by atoms with van der Waals surface area (Å²) in [5.41, 5.74) is 0.387. The summed E-state index contributed by atoms with van der Waals surface area (Å²) in [5.74, 6) is 0.608. The molecule has 206 valence electrons. The zero-order valence-electron chi connectivity index (χ0n) is 22.2. The number of hydrogen-bond acceptors (Lipinski definition) is 7.